The fourth-order valence-electron chi connectivity index (χ4n) is 1.44. The van der Waals surface area contributed by atoms with Crippen molar-refractivity contribution in [1.29, 1.82) is 0 Å². The second-order valence-corrected chi connectivity index (χ2v) is 3.85. The molecule has 92 valence electrons. The Morgan fingerprint density at radius 1 is 1.28 bits per heavy atom. The van der Waals surface area contributed by atoms with Gasteiger partial charge in [0.25, 0.3) is 0 Å². The molecule has 0 atom stereocenters. The van der Waals surface area contributed by atoms with Gasteiger partial charge in [-0.2, -0.15) is 0 Å². The molecule has 0 aliphatic heterocycles. The molecule has 0 aliphatic carbocycles. The van der Waals surface area contributed by atoms with E-state index in [-0.39, 0.29) is 10.7 Å². The number of esters is 1. The molecule has 0 bridgehead atoms. The molecule has 6 heteroatoms. The highest BCUT2D eigenvalue weighted by molar-refractivity contribution is 6.29. The Labute approximate surface area is 107 Å². The molecule has 2 rings (SSSR count). The van der Waals surface area contributed by atoms with E-state index in [9.17, 15) is 9.18 Å². The molecule has 1 aromatic carbocycles. The molecule has 2 aromatic rings. The molecular formula is C12H8ClFN2O2. The van der Waals surface area contributed by atoms with Gasteiger partial charge in [-0.05, 0) is 30.3 Å². The van der Waals surface area contributed by atoms with E-state index in [0.717, 1.165) is 6.07 Å². The van der Waals surface area contributed by atoms with Crippen LogP contribution in [-0.4, -0.2) is 23.3 Å². The number of hydrogen-bond acceptors (Lipinski definition) is 4. The maximum Gasteiger partial charge on any atom is 0.337 e. The lowest BCUT2D eigenvalue weighted by molar-refractivity contribution is 0.0600. The molecule has 0 fully saturated rings. The fraction of sp³-hybridized carbons (Fsp3) is 0.0833. The summed E-state index contributed by atoms with van der Waals surface area (Å²) in [4.78, 5) is 11.4. The quantitative estimate of drug-likeness (QED) is 0.784. The summed E-state index contributed by atoms with van der Waals surface area (Å²) in [5, 5.41) is 7.71. The number of rotatable bonds is 2. The summed E-state index contributed by atoms with van der Waals surface area (Å²) in [6.07, 6.45) is 0. The Kier molecular flexibility index (Phi) is 3.53. The first-order valence-corrected chi connectivity index (χ1v) is 5.36. The normalized spacial score (nSPS) is 10.2. The van der Waals surface area contributed by atoms with Crippen molar-refractivity contribution in [3.63, 3.8) is 0 Å². The first kappa shape index (κ1) is 12.4. The number of carbonyl (C=O) groups excluding carboxylic acids is 1. The third-order valence-electron chi connectivity index (χ3n) is 2.25. The summed E-state index contributed by atoms with van der Waals surface area (Å²) >= 11 is 5.61. The topological polar surface area (TPSA) is 52.1 Å². The van der Waals surface area contributed by atoms with Gasteiger partial charge in [0.05, 0.1) is 18.4 Å². The van der Waals surface area contributed by atoms with Crippen LogP contribution >= 0.6 is 11.6 Å². The largest absolute Gasteiger partial charge is 0.465 e. The number of methoxy groups -OCH3 is 1. The molecule has 18 heavy (non-hydrogen) atoms. The van der Waals surface area contributed by atoms with Crippen molar-refractivity contribution < 1.29 is 13.9 Å². The van der Waals surface area contributed by atoms with Gasteiger partial charge in [0.2, 0.25) is 0 Å². The van der Waals surface area contributed by atoms with E-state index in [1.807, 2.05) is 0 Å². The van der Waals surface area contributed by atoms with Gasteiger partial charge in [0.1, 0.15) is 5.82 Å². The number of benzene rings is 1. The molecule has 4 nitrogen and oxygen atoms in total. The summed E-state index contributed by atoms with van der Waals surface area (Å²) in [5.41, 5.74) is 0.966. The Hall–Kier alpha value is -2.01. The predicted octanol–water partition coefficient (Wildman–Crippen LogP) is 2.72. The van der Waals surface area contributed by atoms with E-state index in [4.69, 9.17) is 11.6 Å². The molecule has 0 N–H and O–H groups in total. The van der Waals surface area contributed by atoms with Crippen molar-refractivity contribution in [3.05, 3.63) is 46.9 Å². The SMILES string of the molecule is COC(=O)c1cc(F)cc(-c2ccc(Cl)nn2)c1. The lowest BCUT2D eigenvalue weighted by atomic mass is 10.1. The van der Waals surface area contributed by atoms with E-state index in [2.05, 4.69) is 14.9 Å². The number of aromatic nitrogens is 2. The van der Waals surface area contributed by atoms with Crippen LogP contribution in [0, 0.1) is 5.82 Å². The molecule has 1 heterocycles. The number of nitrogens with zero attached hydrogens (tertiary/aromatic N) is 2. The molecule has 0 amide bonds. The number of halogens is 2. The van der Waals surface area contributed by atoms with E-state index >= 15 is 0 Å². The van der Waals surface area contributed by atoms with E-state index in [0.29, 0.717) is 11.3 Å². The molecule has 0 radical (unpaired) electrons. The van der Waals surface area contributed by atoms with Crippen LogP contribution in [-0.2, 0) is 4.74 Å². The summed E-state index contributed by atoms with van der Waals surface area (Å²) < 4.78 is 17.9. The standard InChI is InChI=1S/C12H8ClFN2O2/c1-18-12(17)8-4-7(5-9(14)6-8)10-2-3-11(13)16-15-10/h2-6H,1H3. The zero-order valence-electron chi connectivity index (χ0n) is 9.35. The summed E-state index contributed by atoms with van der Waals surface area (Å²) in [6.45, 7) is 0. The minimum Gasteiger partial charge on any atom is -0.465 e. The van der Waals surface area contributed by atoms with Gasteiger partial charge in [0.15, 0.2) is 5.15 Å². The van der Waals surface area contributed by atoms with Gasteiger partial charge in [0, 0.05) is 5.56 Å². The van der Waals surface area contributed by atoms with Crippen LogP contribution in [0.1, 0.15) is 10.4 Å². The number of ether oxygens (including phenoxy) is 1. The predicted molar refractivity (Wildman–Crippen MR) is 63.8 cm³/mol. The lowest BCUT2D eigenvalue weighted by Gasteiger charge is -2.04. The van der Waals surface area contributed by atoms with E-state index in [1.165, 1.54) is 25.3 Å². The highest BCUT2D eigenvalue weighted by Gasteiger charge is 2.11. The van der Waals surface area contributed by atoms with Gasteiger partial charge in [-0.25, -0.2) is 9.18 Å². The van der Waals surface area contributed by atoms with Crippen LogP contribution in [0.15, 0.2) is 30.3 Å². The van der Waals surface area contributed by atoms with Crippen LogP contribution in [0.5, 0.6) is 0 Å². The van der Waals surface area contributed by atoms with Gasteiger partial charge in [-0.1, -0.05) is 11.6 Å². The molecule has 0 saturated carbocycles. The lowest BCUT2D eigenvalue weighted by Crippen LogP contribution is -2.02. The summed E-state index contributed by atoms with van der Waals surface area (Å²) in [6, 6.07) is 6.95. The van der Waals surface area contributed by atoms with Crippen molar-refractivity contribution in [1.82, 2.24) is 10.2 Å². The van der Waals surface area contributed by atoms with Crippen molar-refractivity contribution >= 4 is 17.6 Å². The molecular weight excluding hydrogens is 259 g/mol. The first-order chi connectivity index (χ1) is 8.60. The average molecular weight is 267 g/mol. The molecule has 0 saturated heterocycles. The maximum absolute atomic E-state index is 13.4. The van der Waals surface area contributed by atoms with E-state index in [1.54, 1.807) is 6.07 Å². The third kappa shape index (κ3) is 2.62. The zero-order chi connectivity index (χ0) is 13.1. The van der Waals surface area contributed by atoms with Gasteiger partial charge < -0.3 is 4.74 Å². The van der Waals surface area contributed by atoms with E-state index < -0.39 is 11.8 Å². The Morgan fingerprint density at radius 3 is 2.67 bits per heavy atom. The van der Waals surface area contributed by atoms with Crippen molar-refractivity contribution in [2.24, 2.45) is 0 Å². The highest BCUT2D eigenvalue weighted by Crippen LogP contribution is 2.20. The molecule has 0 aliphatic rings. The first-order valence-electron chi connectivity index (χ1n) is 4.98. The van der Waals surface area contributed by atoms with Crippen LogP contribution in [0.4, 0.5) is 4.39 Å². The van der Waals surface area contributed by atoms with Crippen LogP contribution < -0.4 is 0 Å². The summed E-state index contributed by atoms with van der Waals surface area (Å²) in [7, 11) is 1.23. The Balaban J connectivity index is 2.48. The Morgan fingerprint density at radius 2 is 2.06 bits per heavy atom. The zero-order valence-corrected chi connectivity index (χ0v) is 10.1. The third-order valence-corrected chi connectivity index (χ3v) is 2.45. The second-order valence-electron chi connectivity index (χ2n) is 3.46. The fourth-order valence-corrected chi connectivity index (χ4v) is 1.54. The molecule has 0 unspecified atom stereocenters. The number of hydrogen-bond donors (Lipinski definition) is 0. The molecule has 0 spiro atoms. The van der Waals surface area contributed by atoms with Crippen molar-refractivity contribution in [3.8, 4) is 11.3 Å². The maximum atomic E-state index is 13.4. The van der Waals surface area contributed by atoms with Gasteiger partial charge in [-0.3, -0.25) is 0 Å². The van der Waals surface area contributed by atoms with Crippen LogP contribution in [0.2, 0.25) is 5.15 Å². The van der Waals surface area contributed by atoms with Crippen molar-refractivity contribution in [2.45, 2.75) is 0 Å². The van der Waals surface area contributed by atoms with Gasteiger partial charge >= 0.3 is 5.97 Å². The molecule has 1 aromatic heterocycles. The van der Waals surface area contributed by atoms with Crippen molar-refractivity contribution in [2.75, 3.05) is 7.11 Å². The minimum atomic E-state index is -0.613. The van der Waals surface area contributed by atoms with Gasteiger partial charge in [-0.15, -0.1) is 10.2 Å². The highest BCUT2D eigenvalue weighted by atomic mass is 35.5. The average Bonchev–Trinajstić information content (AvgIpc) is 2.38. The smallest absolute Gasteiger partial charge is 0.337 e. The van der Waals surface area contributed by atoms with Crippen LogP contribution in [0.25, 0.3) is 11.3 Å². The Bertz CT molecular complexity index is 587. The minimum absolute atomic E-state index is 0.115. The summed E-state index contributed by atoms with van der Waals surface area (Å²) in [5.74, 6) is -1.16. The second kappa shape index (κ2) is 5.10. The number of carbonyl (C=O) groups is 1. The monoisotopic (exact) mass is 266 g/mol. The van der Waals surface area contributed by atoms with Crippen LogP contribution in [0.3, 0.4) is 0 Å².